The van der Waals surface area contributed by atoms with E-state index in [9.17, 15) is 17.6 Å². The van der Waals surface area contributed by atoms with Crippen molar-refractivity contribution >= 4 is 12.0 Å². The smallest absolute Gasteiger partial charge is 0.371 e. The van der Waals surface area contributed by atoms with Gasteiger partial charge in [-0.25, -0.2) is 9.24 Å². The van der Waals surface area contributed by atoms with Crippen molar-refractivity contribution in [1.82, 2.24) is 10.2 Å². The van der Waals surface area contributed by atoms with E-state index in [1.165, 1.54) is 6.07 Å². The van der Waals surface area contributed by atoms with E-state index in [1.54, 1.807) is 13.0 Å². The number of morpholine rings is 1. The third kappa shape index (κ3) is 5.00. The van der Waals surface area contributed by atoms with Crippen LogP contribution in [0.4, 0.5) is 23.2 Å². The quantitative estimate of drug-likeness (QED) is 0.467. The Bertz CT molecular complexity index is 688. The number of hydrogen-bond acceptors (Lipinski definition) is 4. The molecule has 3 rings (SSSR count). The minimum absolute atomic E-state index is 0.0644. The van der Waals surface area contributed by atoms with Gasteiger partial charge in [0.2, 0.25) is 12.0 Å². The number of carbonyl (C=O) groups excluding carboxylic acids is 1. The minimum Gasteiger partial charge on any atom is -0.371 e. The molecule has 26 heavy (non-hydrogen) atoms. The lowest BCUT2D eigenvalue weighted by Crippen LogP contribution is -2.57. The van der Waals surface area contributed by atoms with Gasteiger partial charge < -0.3 is 10.1 Å². The van der Waals surface area contributed by atoms with Crippen LogP contribution in [0.25, 0.3) is 4.85 Å². The number of alkyl halides is 3. The van der Waals surface area contributed by atoms with Crippen molar-refractivity contribution in [1.29, 1.82) is 0 Å². The van der Waals surface area contributed by atoms with Crippen molar-refractivity contribution in [2.24, 2.45) is 0 Å². The zero-order chi connectivity index (χ0) is 19.3. The lowest BCUT2D eigenvalue weighted by atomic mass is 9.98. The Morgan fingerprint density at radius 1 is 1.42 bits per heavy atom. The Kier molecular flexibility index (Phi) is 6.69. The van der Waals surface area contributed by atoms with Crippen LogP contribution in [0.1, 0.15) is 17.2 Å². The largest absolute Gasteiger partial charge is 0.446 e. The fraction of sp³-hybridized carbons (Fsp3) is 0.529. The third-order valence-electron chi connectivity index (χ3n) is 4.38. The Morgan fingerprint density at radius 2 is 2.12 bits per heavy atom. The molecular formula is C17H19F4N3O2. The molecule has 0 spiro atoms. The number of rotatable bonds is 1. The normalized spacial score (nSPS) is 23.2. The number of carbonyl (C=O) groups is 1. The number of halogens is 4. The molecule has 1 aromatic rings. The molecule has 2 saturated heterocycles. The Hall–Kier alpha value is -2.02. The predicted molar refractivity (Wildman–Crippen MR) is 86.4 cm³/mol. The van der Waals surface area contributed by atoms with Gasteiger partial charge in [0.15, 0.2) is 0 Å². The molecule has 2 aliphatic heterocycles. The highest BCUT2D eigenvalue weighted by Crippen LogP contribution is 2.33. The van der Waals surface area contributed by atoms with Crippen molar-refractivity contribution in [3.05, 3.63) is 40.5 Å². The summed E-state index contributed by atoms with van der Waals surface area (Å²) in [7, 11) is 0. The Labute approximate surface area is 148 Å². The topological polar surface area (TPSA) is 45.9 Å². The summed E-state index contributed by atoms with van der Waals surface area (Å²) in [4.78, 5) is 14.4. The van der Waals surface area contributed by atoms with Crippen molar-refractivity contribution in [2.75, 3.05) is 32.8 Å². The van der Waals surface area contributed by atoms with Gasteiger partial charge in [-0.3, -0.25) is 9.69 Å². The molecule has 2 fully saturated rings. The van der Waals surface area contributed by atoms with Crippen molar-refractivity contribution in [3.63, 3.8) is 0 Å². The van der Waals surface area contributed by atoms with E-state index in [-0.39, 0.29) is 11.8 Å². The molecular weight excluding hydrogens is 354 g/mol. The Morgan fingerprint density at radius 3 is 2.73 bits per heavy atom. The van der Waals surface area contributed by atoms with E-state index in [2.05, 4.69) is 15.1 Å². The van der Waals surface area contributed by atoms with E-state index < -0.39 is 18.3 Å². The number of nitrogens with one attached hydrogen (secondary N) is 1. The lowest BCUT2D eigenvalue weighted by Gasteiger charge is -2.43. The first-order valence-electron chi connectivity index (χ1n) is 8.02. The van der Waals surface area contributed by atoms with Gasteiger partial charge in [-0.2, -0.15) is 13.2 Å². The predicted octanol–water partition coefficient (Wildman–Crippen LogP) is 2.78. The number of benzene rings is 1. The SMILES string of the molecule is O=CC(F)(F)F.[C-]#[N+]c1c(F)ccc([C@@H]2CN3CCNC[C@@H]3CO2)c1C. The van der Waals surface area contributed by atoms with Crippen LogP contribution in [0.15, 0.2) is 12.1 Å². The van der Waals surface area contributed by atoms with Gasteiger partial charge in [-0.15, -0.1) is 0 Å². The molecule has 2 atom stereocenters. The molecule has 0 unspecified atom stereocenters. The lowest BCUT2D eigenvalue weighted by molar-refractivity contribution is -0.156. The molecule has 1 aromatic carbocycles. The molecule has 9 heteroatoms. The van der Waals surface area contributed by atoms with Gasteiger partial charge in [-0.05, 0) is 24.1 Å². The van der Waals surface area contributed by atoms with E-state index in [1.807, 2.05) is 0 Å². The van der Waals surface area contributed by atoms with Gasteiger partial charge in [0, 0.05) is 32.2 Å². The van der Waals surface area contributed by atoms with Gasteiger partial charge in [0.1, 0.15) is 5.82 Å². The minimum atomic E-state index is -4.64. The second-order valence-corrected chi connectivity index (χ2v) is 6.06. The average molecular weight is 373 g/mol. The van der Waals surface area contributed by atoms with Gasteiger partial charge in [-0.1, -0.05) is 6.07 Å². The van der Waals surface area contributed by atoms with Crippen LogP contribution in [0.2, 0.25) is 0 Å². The van der Waals surface area contributed by atoms with Crippen LogP contribution < -0.4 is 5.32 Å². The van der Waals surface area contributed by atoms with Crippen LogP contribution in [-0.2, 0) is 9.53 Å². The summed E-state index contributed by atoms with van der Waals surface area (Å²) < 4.78 is 50.8. The summed E-state index contributed by atoms with van der Waals surface area (Å²) in [6.45, 7) is 13.4. The second kappa shape index (κ2) is 8.58. The second-order valence-electron chi connectivity index (χ2n) is 6.06. The maximum Gasteiger partial charge on any atom is 0.446 e. The van der Waals surface area contributed by atoms with Gasteiger partial charge >= 0.3 is 6.18 Å². The summed E-state index contributed by atoms with van der Waals surface area (Å²) >= 11 is 0. The fourth-order valence-corrected chi connectivity index (χ4v) is 3.06. The van der Waals surface area contributed by atoms with E-state index >= 15 is 0 Å². The molecule has 2 aliphatic rings. The molecule has 0 radical (unpaired) electrons. The highest BCUT2D eigenvalue weighted by atomic mass is 19.4. The van der Waals surface area contributed by atoms with E-state index in [0.717, 1.165) is 31.7 Å². The number of fused-ring (bicyclic) bond motifs is 1. The first-order chi connectivity index (χ1) is 12.3. The fourth-order valence-electron chi connectivity index (χ4n) is 3.06. The summed E-state index contributed by atoms with van der Waals surface area (Å²) in [5.41, 5.74) is 1.77. The van der Waals surface area contributed by atoms with Crippen LogP contribution in [0.3, 0.4) is 0 Å². The molecule has 5 nitrogen and oxygen atoms in total. The highest BCUT2D eigenvalue weighted by molar-refractivity contribution is 5.57. The summed E-state index contributed by atoms with van der Waals surface area (Å²) in [5.74, 6) is -0.447. The summed E-state index contributed by atoms with van der Waals surface area (Å²) in [6, 6.07) is 3.57. The zero-order valence-corrected chi connectivity index (χ0v) is 14.1. The van der Waals surface area contributed by atoms with Crippen LogP contribution in [0.5, 0.6) is 0 Å². The van der Waals surface area contributed by atoms with Crippen molar-refractivity contribution in [2.45, 2.75) is 25.2 Å². The van der Waals surface area contributed by atoms with Crippen LogP contribution >= 0.6 is 0 Å². The Balaban J connectivity index is 0.000000352. The zero-order valence-electron chi connectivity index (χ0n) is 14.1. The standard InChI is InChI=1S/C15H18FN3O.C2HF3O/c1-10-12(3-4-13(16)15(10)17-2)14-8-19-6-5-18-7-11(19)9-20-14;3-2(4,5)1-6/h3-4,11,14,18H,5-9H2,1H3;1H/t11-,14+;/m1./s1. The number of ether oxygens (including phenoxy) is 1. The van der Waals surface area contributed by atoms with Gasteiger partial charge in [0.25, 0.3) is 0 Å². The molecule has 0 aromatic heterocycles. The number of nitrogens with zero attached hydrogens (tertiary/aromatic N) is 2. The first kappa shape index (κ1) is 20.3. The number of aldehydes is 1. The third-order valence-corrected chi connectivity index (χ3v) is 4.38. The maximum absolute atomic E-state index is 13.6. The first-order valence-corrected chi connectivity index (χ1v) is 8.02. The average Bonchev–Trinajstić information content (AvgIpc) is 2.62. The molecule has 0 aliphatic carbocycles. The monoisotopic (exact) mass is 373 g/mol. The highest BCUT2D eigenvalue weighted by Gasteiger charge is 2.32. The van der Waals surface area contributed by atoms with Crippen LogP contribution in [0, 0.1) is 19.3 Å². The molecule has 0 bridgehead atoms. The van der Waals surface area contributed by atoms with Crippen molar-refractivity contribution in [3.8, 4) is 0 Å². The maximum atomic E-state index is 13.6. The summed E-state index contributed by atoms with van der Waals surface area (Å²) in [5, 5.41) is 3.36. The molecule has 0 saturated carbocycles. The molecule has 142 valence electrons. The number of hydrogen-bond donors (Lipinski definition) is 1. The summed E-state index contributed by atoms with van der Waals surface area (Å²) in [6.07, 6.45) is -5.77. The van der Waals surface area contributed by atoms with E-state index in [4.69, 9.17) is 16.1 Å². The number of piperazine rings is 1. The molecule has 0 amide bonds. The molecule has 2 heterocycles. The van der Waals surface area contributed by atoms with Crippen molar-refractivity contribution < 1.29 is 27.1 Å². The van der Waals surface area contributed by atoms with Gasteiger partial charge in [0.05, 0.1) is 19.3 Å². The van der Waals surface area contributed by atoms with Crippen LogP contribution in [-0.4, -0.2) is 56.2 Å². The molecule has 1 N–H and O–H groups in total. The van der Waals surface area contributed by atoms with E-state index in [0.29, 0.717) is 18.2 Å².